The average Bonchev–Trinajstić information content (AvgIpc) is 2.36. The van der Waals surface area contributed by atoms with Crippen LogP contribution in [-0.4, -0.2) is 12.5 Å². The van der Waals surface area contributed by atoms with Gasteiger partial charge in [0.25, 0.3) is 5.91 Å². The summed E-state index contributed by atoms with van der Waals surface area (Å²) in [7, 11) is 0. The van der Waals surface area contributed by atoms with Crippen LogP contribution in [-0.2, 0) is 0 Å². The van der Waals surface area contributed by atoms with Crippen molar-refractivity contribution < 1.29 is 4.79 Å². The SMILES string of the molecule is CC(C)CNC(=O)c1cccc2c(Br)cccc12. The lowest BCUT2D eigenvalue weighted by Crippen LogP contribution is -2.27. The summed E-state index contributed by atoms with van der Waals surface area (Å²) in [6.07, 6.45) is 0. The highest BCUT2D eigenvalue weighted by atomic mass is 79.9. The lowest BCUT2D eigenvalue weighted by atomic mass is 10.0. The van der Waals surface area contributed by atoms with Gasteiger partial charge in [0.1, 0.15) is 0 Å². The maximum atomic E-state index is 12.1. The molecule has 0 saturated heterocycles. The largest absolute Gasteiger partial charge is 0.352 e. The minimum Gasteiger partial charge on any atom is -0.352 e. The normalized spacial score (nSPS) is 10.9. The Balaban J connectivity index is 2.39. The first-order chi connectivity index (χ1) is 8.59. The minimum atomic E-state index is -0.00704. The third-order valence-electron chi connectivity index (χ3n) is 2.78. The van der Waals surface area contributed by atoms with E-state index < -0.39 is 0 Å². The fraction of sp³-hybridized carbons (Fsp3) is 0.267. The van der Waals surface area contributed by atoms with Crippen LogP contribution in [0.15, 0.2) is 40.9 Å². The van der Waals surface area contributed by atoms with E-state index in [0.29, 0.717) is 12.5 Å². The molecule has 1 N–H and O–H groups in total. The number of amides is 1. The Kier molecular flexibility index (Phi) is 4.02. The van der Waals surface area contributed by atoms with Crippen molar-refractivity contribution >= 4 is 32.6 Å². The number of benzene rings is 2. The van der Waals surface area contributed by atoms with Gasteiger partial charge < -0.3 is 5.32 Å². The fourth-order valence-electron chi connectivity index (χ4n) is 1.86. The number of hydrogen-bond donors (Lipinski definition) is 1. The zero-order valence-corrected chi connectivity index (χ0v) is 12.1. The molecule has 0 saturated carbocycles. The fourth-order valence-corrected chi connectivity index (χ4v) is 2.36. The smallest absolute Gasteiger partial charge is 0.251 e. The Labute approximate surface area is 116 Å². The summed E-state index contributed by atoms with van der Waals surface area (Å²) < 4.78 is 1.01. The monoisotopic (exact) mass is 305 g/mol. The molecule has 1 amide bonds. The van der Waals surface area contributed by atoms with Crippen molar-refractivity contribution in [2.45, 2.75) is 13.8 Å². The van der Waals surface area contributed by atoms with Gasteiger partial charge in [-0.3, -0.25) is 4.79 Å². The number of fused-ring (bicyclic) bond motifs is 1. The Morgan fingerprint density at radius 3 is 2.56 bits per heavy atom. The van der Waals surface area contributed by atoms with E-state index in [-0.39, 0.29) is 5.91 Å². The summed E-state index contributed by atoms with van der Waals surface area (Å²) >= 11 is 3.51. The van der Waals surface area contributed by atoms with Crippen LogP contribution in [0.25, 0.3) is 10.8 Å². The van der Waals surface area contributed by atoms with Crippen LogP contribution in [0.3, 0.4) is 0 Å². The van der Waals surface area contributed by atoms with Crippen molar-refractivity contribution in [3.05, 3.63) is 46.4 Å². The first-order valence-corrected chi connectivity index (χ1v) is 6.84. The van der Waals surface area contributed by atoms with Crippen molar-refractivity contribution in [2.75, 3.05) is 6.54 Å². The molecule has 0 aliphatic rings. The quantitative estimate of drug-likeness (QED) is 0.913. The summed E-state index contributed by atoms with van der Waals surface area (Å²) in [5, 5.41) is 5.00. The van der Waals surface area contributed by atoms with Gasteiger partial charge >= 0.3 is 0 Å². The Morgan fingerprint density at radius 1 is 1.17 bits per heavy atom. The Morgan fingerprint density at radius 2 is 1.83 bits per heavy atom. The number of carbonyl (C=O) groups is 1. The third-order valence-corrected chi connectivity index (χ3v) is 3.48. The van der Waals surface area contributed by atoms with Gasteiger partial charge in [-0.05, 0) is 28.8 Å². The summed E-state index contributed by atoms with van der Waals surface area (Å²) in [6.45, 7) is 4.86. The number of nitrogens with one attached hydrogen (secondary N) is 1. The molecule has 0 aliphatic carbocycles. The third kappa shape index (κ3) is 2.72. The molecule has 0 heterocycles. The molecule has 0 atom stereocenters. The van der Waals surface area contributed by atoms with Crippen molar-refractivity contribution in [1.82, 2.24) is 5.32 Å². The zero-order valence-electron chi connectivity index (χ0n) is 10.5. The molecular formula is C15H16BrNO. The molecular weight excluding hydrogens is 290 g/mol. The highest BCUT2D eigenvalue weighted by Gasteiger charge is 2.10. The van der Waals surface area contributed by atoms with Gasteiger partial charge in [-0.15, -0.1) is 0 Å². The summed E-state index contributed by atoms with van der Waals surface area (Å²) in [5.74, 6) is 0.447. The van der Waals surface area contributed by atoms with Crippen LogP contribution in [0.2, 0.25) is 0 Å². The van der Waals surface area contributed by atoms with Crippen molar-refractivity contribution in [3.63, 3.8) is 0 Å². The summed E-state index contributed by atoms with van der Waals surface area (Å²) in [5.41, 5.74) is 0.731. The number of hydrogen-bond acceptors (Lipinski definition) is 1. The molecule has 0 bridgehead atoms. The van der Waals surface area contributed by atoms with E-state index in [1.54, 1.807) is 0 Å². The van der Waals surface area contributed by atoms with Crippen LogP contribution in [0.5, 0.6) is 0 Å². The molecule has 0 radical (unpaired) electrons. The van der Waals surface area contributed by atoms with Crippen molar-refractivity contribution in [1.29, 1.82) is 0 Å². The maximum Gasteiger partial charge on any atom is 0.251 e. The van der Waals surface area contributed by atoms with E-state index in [9.17, 15) is 4.79 Å². The van der Waals surface area contributed by atoms with E-state index in [4.69, 9.17) is 0 Å². The van der Waals surface area contributed by atoms with Crippen LogP contribution >= 0.6 is 15.9 Å². The van der Waals surface area contributed by atoms with E-state index in [1.807, 2.05) is 36.4 Å². The van der Waals surface area contributed by atoms with Gasteiger partial charge in [-0.1, -0.05) is 54.0 Å². The molecule has 2 nitrogen and oxygen atoms in total. The first kappa shape index (κ1) is 13.1. The molecule has 2 rings (SSSR count). The van der Waals surface area contributed by atoms with Crippen molar-refractivity contribution in [2.24, 2.45) is 5.92 Å². The second kappa shape index (κ2) is 5.53. The number of halogens is 1. The predicted octanol–water partition coefficient (Wildman–Crippen LogP) is 3.99. The molecule has 0 aromatic heterocycles. The van der Waals surface area contributed by atoms with Gasteiger partial charge in [0.2, 0.25) is 0 Å². The summed E-state index contributed by atoms with van der Waals surface area (Å²) in [4.78, 5) is 12.1. The highest BCUT2D eigenvalue weighted by Crippen LogP contribution is 2.26. The molecule has 3 heteroatoms. The zero-order chi connectivity index (χ0) is 13.1. The molecule has 0 fully saturated rings. The van der Waals surface area contributed by atoms with Crippen molar-refractivity contribution in [3.8, 4) is 0 Å². The second-order valence-corrected chi connectivity index (χ2v) is 5.60. The van der Waals surface area contributed by atoms with Crippen LogP contribution in [0.4, 0.5) is 0 Å². The molecule has 0 spiro atoms. The van der Waals surface area contributed by atoms with E-state index in [1.165, 1.54) is 0 Å². The van der Waals surface area contributed by atoms with Crippen LogP contribution < -0.4 is 5.32 Å². The van der Waals surface area contributed by atoms with E-state index >= 15 is 0 Å². The Bertz CT molecular complexity index is 578. The molecule has 2 aromatic rings. The molecule has 2 aromatic carbocycles. The van der Waals surface area contributed by atoms with Gasteiger partial charge in [-0.25, -0.2) is 0 Å². The predicted molar refractivity (Wildman–Crippen MR) is 78.8 cm³/mol. The molecule has 18 heavy (non-hydrogen) atoms. The molecule has 94 valence electrons. The highest BCUT2D eigenvalue weighted by molar-refractivity contribution is 9.10. The van der Waals surface area contributed by atoms with Gasteiger partial charge in [0.15, 0.2) is 0 Å². The van der Waals surface area contributed by atoms with Gasteiger partial charge in [0.05, 0.1) is 0 Å². The van der Waals surface area contributed by atoms with Crippen LogP contribution in [0, 0.1) is 5.92 Å². The second-order valence-electron chi connectivity index (χ2n) is 4.74. The van der Waals surface area contributed by atoms with E-state index in [2.05, 4.69) is 35.1 Å². The molecule has 0 unspecified atom stereocenters. The minimum absolute atomic E-state index is 0.00704. The Hall–Kier alpha value is -1.35. The molecule has 0 aliphatic heterocycles. The average molecular weight is 306 g/mol. The topological polar surface area (TPSA) is 29.1 Å². The first-order valence-electron chi connectivity index (χ1n) is 6.05. The van der Waals surface area contributed by atoms with E-state index in [0.717, 1.165) is 20.8 Å². The van der Waals surface area contributed by atoms with Gasteiger partial charge in [-0.2, -0.15) is 0 Å². The lowest BCUT2D eigenvalue weighted by Gasteiger charge is -2.10. The number of rotatable bonds is 3. The lowest BCUT2D eigenvalue weighted by molar-refractivity contribution is 0.0950. The van der Waals surface area contributed by atoms with Crippen LogP contribution in [0.1, 0.15) is 24.2 Å². The standard InChI is InChI=1S/C15H16BrNO/c1-10(2)9-17-15(18)13-7-3-6-12-11(13)5-4-8-14(12)16/h3-8,10H,9H2,1-2H3,(H,17,18). The summed E-state index contributed by atoms with van der Waals surface area (Å²) in [6, 6.07) is 11.7. The maximum absolute atomic E-state index is 12.1. The van der Waals surface area contributed by atoms with Gasteiger partial charge in [0, 0.05) is 16.6 Å². The number of carbonyl (C=O) groups excluding carboxylic acids is 1.